The van der Waals surface area contributed by atoms with Gasteiger partial charge in [-0.25, -0.2) is 4.39 Å². The highest BCUT2D eigenvalue weighted by molar-refractivity contribution is 6.04. The molecule has 1 aliphatic rings. The zero-order valence-corrected chi connectivity index (χ0v) is 8.88. The van der Waals surface area contributed by atoms with Gasteiger partial charge >= 0.3 is 6.18 Å². The predicted octanol–water partition coefficient (Wildman–Crippen LogP) is 2.84. The molecule has 0 saturated carbocycles. The van der Waals surface area contributed by atoms with Gasteiger partial charge in [0.15, 0.2) is 0 Å². The summed E-state index contributed by atoms with van der Waals surface area (Å²) in [5.41, 5.74) is 0.445. The van der Waals surface area contributed by atoms with Gasteiger partial charge in [-0.15, -0.1) is 0 Å². The number of carbonyl (C=O) groups excluding carboxylic acids is 1. The fraction of sp³-hybridized carbons (Fsp3) is 0.364. The van der Waals surface area contributed by atoms with Crippen LogP contribution in [0.25, 0.3) is 0 Å². The van der Waals surface area contributed by atoms with E-state index in [9.17, 15) is 22.4 Å². The largest absolute Gasteiger partial charge is 0.390 e. The van der Waals surface area contributed by atoms with Crippen molar-refractivity contribution >= 4 is 11.6 Å². The molecule has 17 heavy (non-hydrogen) atoms. The lowest BCUT2D eigenvalue weighted by Gasteiger charge is -2.12. The number of amides is 1. The van der Waals surface area contributed by atoms with E-state index < -0.39 is 30.2 Å². The molecule has 1 heterocycles. The minimum absolute atomic E-state index is 0.106. The molecule has 0 saturated heterocycles. The average Bonchev–Trinajstić information content (AvgIpc) is 2.42. The number of nitrogens with zero attached hydrogens (tertiary/aromatic N) is 1. The first-order chi connectivity index (χ1) is 7.79. The van der Waals surface area contributed by atoms with E-state index in [2.05, 4.69) is 0 Å². The molecule has 1 aliphatic heterocycles. The molecular formula is C11H9F4NO. The molecule has 1 amide bonds. The third-order valence-electron chi connectivity index (χ3n) is 2.79. The van der Waals surface area contributed by atoms with Crippen molar-refractivity contribution in [3.8, 4) is 0 Å². The van der Waals surface area contributed by atoms with Gasteiger partial charge in [0.2, 0.25) is 5.91 Å². The summed E-state index contributed by atoms with van der Waals surface area (Å²) >= 11 is 0. The Morgan fingerprint density at radius 2 is 2.00 bits per heavy atom. The molecule has 2 rings (SSSR count). The second kappa shape index (κ2) is 3.72. The highest BCUT2D eigenvalue weighted by atomic mass is 19.4. The summed E-state index contributed by atoms with van der Waals surface area (Å²) < 4.78 is 50.0. The Hall–Kier alpha value is -1.59. The quantitative estimate of drug-likeness (QED) is 0.699. The Morgan fingerprint density at radius 1 is 1.35 bits per heavy atom. The van der Waals surface area contributed by atoms with Crippen LogP contribution in [-0.4, -0.2) is 19.1 Å². The molecule has 0 N–H and O–H groups in total. The molecule has 1 atom stereocenters. The molecule has 0 aromatic heterocycles. The van der Waals surface area contributed by atoms with Crippen LogP contribution < -0.4 is 4.90 Å². The first kappa shape index (κ1) is 11.9. The monoisotopic (exact) mass is 247 g/mol. The van der Waals surface area contributed by atoms with Crippen LogP contribution in [0.3, 0.4) is 0 Å². The fourth-order valence-corrected chi connectivity index (χ4v) is 2.02. The summed E-state index contributed by atoms with van der Waals surface area (Å²) in [4.78, 5) is 12.8. The van der Waals surface area contributed by atoms with Gasteiger partial charge in [-0.2, -0.15) is 13.2 Å². The van der Waals surface area contributed by atoms with Gasteiger partial charge in [-0.3, -0.25) is 4.79 Å². The van der Waals surface area contributed by atoms with Gasteiger partial charge in [-0.1, -0.05) is 0 Å². The minimum Gasteiger partial charge on any atom is -0.315 e. The normalized spacial score (nSPS) is 19.7. The number of alkyl halides is 3. The number of fused-ring (bicyclic) bond motifs is 1. The standard InChI is InChI=1S/C11H9F4NO/c1-16-9-3-2-6(12)4-7(9)8(10(16)17)5-11(13,14)15/h2-4,8H,5H2,1H3. The lowest BCUT2D eigenvalue weighted by molar-refractivity contribution is -0.146. The lowest BCUT2D eigenvalue weighted by atomic mass is 9.97. The number of anilines is 1. The minimum atomic E-state index is -4.45. The van der Waals surface area contributed by atoms with Crippen LogP contribution in [0.15, 0.2) is 18.2 Å². The second-order valence-corrected chi connectivity index (χ2v) is 3.97. The first-order valence-corrected chi connectivity index (χ1v) is 4.93. The summed E-state index contributed by atoms with van der Waals surface area (Å²) in [7, 11) is 1.38. The molecular weight excluding hydrogens is 238 g/mol. The third kappa shape index (κ3) is 2.11. The molecule has 0 radical (unpaired) electrons. The summed E-state index contributed by atoms with van der Waals surface area (Å²) in [5, 5.41) is 0. The van der Waals surface area contributed by atoms with Crippen LogP contribution in [0.2, 0.25) is 0 Å². The van der Waals surface area contributed by atoms with Crippen molar-refractivity contribution in [1.29, 1.82) is 0 Å². The predicted molar refractivity (Wildman–Crippen MR) is 53.2 cm³/mol. The van der Waals surface area contributed by atoms with Gasteiger partial charge in [-0.05, 0) is 23.8 Å². The third-order valence-corrected chi connectivity index (χ3v) is 2.79. The second-order valence-electron chi connectivity index (χ2n) is 3.97. The summed E-state index contributed by atoms with van der Waals surface area (Å²) in [6.45, 7) is 0. The lowest BCUT2D eigenvalue weighted by Crippen LogP contribution is -2.26. The van der Waals surface area contributed by atoms with Crippen LogP contribution in [0.1, 0.15) is 17.9 Å². The number of rotatable bonds is 1. The van der Waals surface area contributed by atoms with Gasteiger partial charge in [0, 0.05) is 12.7 Å². The SMILES string of the molecule is CN1C(=O)C(CC(F)(F)F)c2cc(F)ccc21. The van der Waals surface area contributed by atoms with Crippen molar-refractivity contribution in [2.24, 2.45) is 0 Å². The Kier molecular flexibility index (Phi) is 2.60. The molecule has 1 aromatic carbocycles. The zero-order chi connectivity index (χ0) is 12.8. The number of benzene rings is 1. The summed E-state index contributed by atoms with van der Waals surface area (Å²) in [5.74, 6) is -2.62. The molecule has 2 nitrogen and oxygen atoms in total. The van der Waals surface area contributed by atoms with Gasteiger partial charge in [0.25, 0.3) is 0 Å². The highest BCUT2D eigenvalue weighted by Crippen LogP contribution is 2.42. The van der Waals surface area contributed by atoms with Crippen molar-refractivity contribution in [1.82, 2.24) is 0 Å². The number of carbonyl (C=O) groups is 1. The van der Waals surface area contributed by atoms with Crippen LogP contribution in [0.4, 0.5) is 23.2 Å². The maximum atomic E-state index is 13.0. The molecule has 1 aromatic rings. The number of hydrogen-bond acceptors (Lipinski definition) is 1. The molecule has 0 fully saturated rings. The number of likely N-dealkylation sites (N-methyl/N-ethyl adjacent to an activating group) is 1. The van der Waals surface area contributed by atoms with Crippen LogP contribution in [0.5, 0.6) is 0 Å². The fourth-order valence-electron chi connectivity index (χ4n) is 2.02. The maximum absolute atomic E-state index is 13.0. The average molecular weight is 247 g/mol. The van der Waals surface area contributed by atoms with Crippen molar-refractivity contribution in [2.75, 3.05) is 11.9 Å². The molecule has 0 spiro atoms. The molecule has 6 heteroatoms. The van der Waals surface area contributed by atoms with E-state index in [0.717, 1.165) is 17.0 Å². The van der Waals surface area contributed by atoms with Crippen molar-refractivity contribution in [2.45, 2.75) is 18.5 Å². The van der Waals surface area contributed by atoms with Gasteiger partial charge in [0.1, 0.15) is 5.82 Å². The number of halogens is 4. The zero-order valence-electron chi connectivity index (χ0n) is 8.88. The topological polar surface area (TPSA) is 20.3 Å². The molecule has 0 aliphatic carbocycles. The van der Waals surface area contributed by atoms with Gasteiger partial charge < -0.3 is 4.90 Å². The van der Waals surface area contributed by atoms with Crippen molar-refractivity contribution < 1.29 is 22.4 Å². The Balaban J connectivity index is 2.43. The van der Waals surface area contributed by atoms with Crippen LogP contribution in [0, 0.1) is 5.82 Å². The van der Waals surface area contributed by atoms with E-state index in [1.807, 2.05) is 0 Å². The van der Waals surface area contributed by atoms with E-state index in [0.29, 0.717) is 5.69 Å². The van der Waals surface area contributed by atoms with Crippen molar-refractivity contribution in [3.05, 3.63) is 29.6 Å². The molecule has 92 valence electrons. The van der Waals surface area contributed by atoms with E-state index in [-0.39, 0.29) is 5.56 Å². The summed E-state index contributed by atoms with van der Waals surface area (Å²) in [6.07, 6.45) is -5.71. The van der Waals surface area contributed by atoms with Crippen LogP contribution >= 0.6 is 0 Å². The highest BCUT2D eigenvalue weighted by Gasteiger charge is 2.42. The van der Waals surface area contributed by atoms with Crippen molar-refractivity contribution in [3.63, 3.8) is 0 Å². The van der Waals surface area contributed by atoms with E-state index in [1.165, 1.54) is 13.1 Å². The molecule has 1 unspecified atom stereocenters. The van der Waals surface area contributed by atoms with Gasteiger partial charge in [0.05, 0.1) is 12.3 Å². The van der Waals surface area contributed by atoms with E-state index in [4.69, 9.17) is 0 Å². The Labute approximate surface area is 94.8 Å². The molecule has 0 bridgehead atoms. The van der Waals surface area contributed by atoms with E-state index >= 15 is 0 Å². The Bertz CT molecular complexity index is 469. The Morgan fingerprint density at radius 3 is 2.59 bits per heavy atom. The van der Waals surface area contributed by atoms with Crippen LogP contribution in [-0.2, 0) is 4.79 Å². The first-order valence-electron chi connectivity index (χ1n) is 4.93. The smallest absolute Gasteiger partial charge is 0.315 e. The summed E-state index contributed by atoms with van der Waals surface area (Å²) in [6, 6.07) is 3.44. The number of hydrogen-bond donors (Lipinski definition) is 0. The maximum Gasteiger partial charge on any atom is 0.390 e. The van der Waals surface area contributed by atoms with E-state index in [1.54, 1.807) is 0 Å².